The van der Waals surface area contributed by atoms with E-state index in [1.165, 1.54) is 4.90 Å². The second kappa shape index (κ2) is 11.9. The predicted molar refractivity (Wildman–Crippen MR) is 129 cm³/mol. The van der Waals surface area contributed by atoms with Crippen LogP contribution in [0, 0.1) is 0 Å². The number of carbonyl (C=O) groups is 2. The first-order valence-corrected chi connectivity index (χ1v) is 11.1. The Hall–Kier alpha value is -3.32. The van der Waals surface area contributed by atoms with Crippen molar-refractivity contribution in [1.82, 2.24) is 9.80 Å². The summed E-state index contributed by atoms with van der Waals surface area (Å²) in [5, 5.41) is 2.83. The fourth-order valence-corrected chi connectivity index (χ4v) is 3.43. The highest BCUT2D eigenvalue weighted by molar-refractivity contribution is 9.10. The third-order valence-electron chi connectivity index (χ3n) is 4.85. The largest absolute Gasteiger partial charge is 0.467 e. The van der Waals surface area contributed by atoms with Gasteiger partial charge in [0.1, 0.15) is 12.3 Å². The van der Waals surface area contributed by atoms with Gasteiger partial charge in [-0.1, -0.05) is 52.3 Å². The Balaban J connectivity index is 1.68. The number of urea groups is 1. The van der Waals surface area contributed by atoms with Gasteiger partial charge in [-0.3, -0.25) is 4.79 Å². The monoisotopic (exact) mass is 495 g/mol. The molecule has 0 aliphatic heterocycles. The van der Waals surface area contributed by atoms with E-state index in [-0.39, 0.29) is 25.0 Å². The van der Waals surface area contributed by atoms with Gasteiger partial charge in [0.25, 0.3) is 0 Å². The first-order valence-electron chi connectivity index (χ1n) is 10.3. The fourth-order valence-electron chi connectivity index (χ4n) is 3.17. The molecule has 0 bridgehead atoms. The van der Waals surface area contributed by atoms with Crippen molar-refractivity contribution in [2.45, 2.75) is 13.0 Å². The Bertz CT molecular complexity index is 1000. The second-order valence-corrected chi connectivity index (χ2v) is 8.15. The average molecular weight is 496 g/mol. The fraction of sp³-hybridized carbons (Fsp3) is 0.200. The molecule has 0 unspecified atom stereocenters. The van der Waals surface area contributed by atoms with Gasteiger partial charge in [-0.05, 0) is 48.4 Å². The molecule has 6 nitrogen and oxygen atoms in total. The summed E-state index contributed by atoms with van der Waals surface area (Å²) in [6.45, 7) is 4.76. The minimum atomic E-state index is -0.360. The lowest BCUT2D eigenvalue weighted by molar-refractivity contribution is -0.132. The van der Waals surface area contributed by atoms with Crippen molar-refractivity contribution < 1.29 is 14.0 Å². The third kappa shape index (κ3) is 7.13. The number of hydrogen-bond donors (Lipinski definition) is 1. The summed E-state index contributed by atoms with van der Waals surface area (Å²) in [4.78, 5) is 29.2. The standard InChI is InChI=1S/C25H26BrN3O3/c1-2-15-29(25(31)27-22-12-10-21(26)11-13-22)19-24(30)28(18-23-9-6-17-32-23)16-14-20-7-4-3-5-8-20/h2-13,17H,1,14-16,18-19H2,(H,27,31). The predicted octanol–water partition coefficient (Wildman–Crippen LogP) is 5.33. The van der Waals surface area contributed by atoms with E-state index >= 15 is 0 Å². The number of hydrogen-bond acceptors (Lipinski definition) is 3. The minimum absolute atomic E-state index is 0.0656. The molecule has 0 saturated carbocycles. The molecule has 0 atom stereocenters. The van der Waals surface area contributed by atoms with Crippen LogP contribution in [-0.2, 0) is 17.8 Å². The summed E-state index contributed by atoms with van der Waals surface area (Å²) < 4.78 is 6.37. The maximum absolute atomic E-state index is 13.2. The van der Waals surface area contributed by atoms with Crippen molar-refractivity contribution in [3.8, 4) is 0 Å². The Morgan fingerprint density at radius 3 is 2.41 bits per heavy atom. The van der Waals surface area contributed by atoms with Crippen LogP contribution < -0.4 is 5.32 Å². The number of anilines is 1. The molecule has 166 valence electrons. The normalized spacial score (nSPS) is 10.4. The van der Waals surface area contributed by atoms with Gasteiger partial charge in [0.05, 0.1) is 12.8 Å². The molecule has 2 aromatic carbocycles. The molecule has 0 radical (unpaired) electrons. The van der Waals surface area contributed by atoms with E-state index in [1.807, 2.05) is 48.5 Å². The van der Waals surface area contributed by atoms with Crippen LogP contribution in [0.1, 0.15) is 11.3 Å². The number of nitrogens with one attached hydrogen (secondary N) is 1. The number of furan rings is 1. The van der Waals surface area contributed by atoms with Crippen LogP contribution in [0.3, 0.4) is 0 Å². The molecule has 0 fully saturated rings. The summed E-state index contributed by atoms with van der Waals surface area (Å²) in [5.74, 6) is 0.533. The lowest BCUT2D eigenvalue weighted by Crippen LogP contribution is -2.44. The van der Waals surface area contributed by atoms with Crippen molar-refractivity contribution in [2.24, 2.45) is 0 Å². The highest BCUT2D eigenvalue weighted by Crippen LogP contribution is 2.15. The first kappa shape index (κ1) is 23.3. The Kier molecular flexibility index (Phi) is 8.69. The van der Waals surface area contributed by atoms with E-state index in [0.717, 1.165) is 10.0 Å². The van der Waals surface area contributed by atoms with E-state index < -0.39 is 0 Å². The molecule has 3 rings (SSSR count). The maximum atomic E-state index is 13.2. The SMILES string of the molecule is C=CCN(CC(=O)N(CCc1ccccc1)Cc1ccco1)C(=O)Nc1ccc(Br)cc1. The number of amides is 3. The summed E-state index contributed by atoms with van der Waals surface area (Å²) in [5.41, 5.74) is 1.79. The van der Waals surface area contributed by atoms with Gasteiger partial charge in [-0.2, -0.15) is 0 Å². The molecule has 0 spiro atoms. The molecule has 7 heteroatoms. The third-order valence-corrected chi connectivity index (χ3v) is 5.38. The van der Waals surface area contributed by atoms with Gasteiger partial charge in [0.2, 0.25) is 5.91 Å². The highest BCUT2D eigenvalue weighted by atomic mass is 79.9. The van der Waals surface area contributed by atoms with E-state index in [2.05, 4.69) is 27.8 Å². The van der Waals surface area contributed by atoms with Gasteiger partial charge < -0.3 is 19.5 Å². The molecule has 1 heterocycles. The summed E-state index contributed by atoms with van der Waals surface area (Å²) in [6, 6.07) is 20.5. The number of rotatable bonds is 10. The van der Waals surface area contributed by atoms with E-state index in [4.69, 9.17) is 4.42 Å². The molecule has 1 aromatic heterocycles. The molecule has 32 heavy (non-hydrogen) atoms. The number of nitrogens with zero attached hydrogens (tertiary/aromatic N) is 2. The lowest BCUT2D eigenvalue weighted by atomic mass is 10.1. The van der Waals surface area contributed by atoms with Crippen LogP contribution in [0.4, 0.5) is 10.5 Å². The molecular formula is C25H26BrN3O3. The van der Waals surface area contributed by atoms with Crippen molar-refractivity contribution in [3.63, 3.8) is 0 Å². The lowest BCUT2D eigenvalue weighted by Gasteiger charge is -2.27. The van der Waals surface area contributed by atoms with Crippen molar-refractivity contribution in [3.05, 3.63) is 101 Å². The van der Waals surface area contributed by atoms with Gasteiger partial charge in [-0.25, -0.2) is 4.79 Å². The van der Waals surface area contributed by atoms with E-state index in [0.29, 0.717) is 31.0 Å². The number of carbonyl (C=O) groups excluding carboxylic acids is 2. The average Bonchev–Trinajstić information content (AvgIpc) is 3.31. The minimum Gasteiger partial charge on any atom is -0.467 e. The Morgan fingerprint density at radius 2 is 1.75 bits per heavy atom. The molecule has 0 saturated heterocycles. The zero-order chi connectivity index (χ0) is 22.8. The van der Waals surface area contributed by atoms with E-state index in [1.54, 1.807) is 35.4 Å². The van der Waals surface area contributed by atoms with Crippen LogP contribution in [0.2, 0.25) is 0 Å². The van der Waals surface area contributed by atoms with Crippen LogP contribution in [0.25, 0.3) is 0 Å². The molecule has 0 aliphatic carbocycles. The van der Waals surface area contributed by atoms with Gasteiger partial charge in [-0.15, -0.1) is 6.58 Å². The maximum Gasteiger partial charge on any atom is 0.322 e. The van der Waals surface area contributed by atoms with Gasteiger partial charge in [0.15, 0.2) is 0 Å². The second-order valence-electron chi connectivity index (χ2n) is 7.24. The Morgan fingerprint density at radius 1 is 1.00 bits per heavy atom. The van der Waals surface area contributed by atoms with Crippen molar-refractivity contribution >= 4 is 33.6 Å². The van der Waals surface area contributed by atoms with E-state index in [9.17, 15) is 9.59 Å². The molecule has 1 N–H and O–H groups in total. The van der Waals surface area contributed by atoms with Gasteiger partial charge in [0, 0.05) is 23.2 Å². The first-order chi connectivity index (χ1) is 15.5. The zero-order valence-electron chi connectivity index (χ0n) is 17.7. The molecule has 0 aliphatic rings. The van der Waals surface area contributed by atoms with Crippen molar-refractivity contribution in [2.75, 3.05) is 25.0 Å². The molecular weight excluding hydrogens is 470 g/mol. The quantitative estimate of drug-likeness (QED) is 0.386. The number of benzene rings is 2. The van der Waals surface area contributed by atoms with Crippen LogP contribution >= 0.6 is 15.9 Å². The topological polar surface area (TPSA) is 65.8 Å². The number of halogens is 1. The summed E-state index contributed by atoms with van der Waals surface area (Å²) in [7, 11) is 0. The highest BCUT2D eigenvalue weighted by Gasteiger charge is 2.21. The van der Waals surface area contributed by atoms with Crippen LogP contribution in [-0.4, -0.2) is 41.4 Å². The smallest absolute Gasteiger partial charge is 0.322 e. The van der Waals surface area contributed by atoms with Crippen molar-refractivity contribution in [1.29, 1.82) is 0 Å². The van der Waals surface area contributed by atoms with Crippen LogP contribution in [0.15, 0.2) is 94.5 Å². The molecule has 3 aromatic rings. The summed E-state index contributed by atoms with van der Waals surface area (Å²) >= 11 is 3.38. The van der Waals surface area contributed by atoms with Gasteiger partial charge >= 0.3 is 6.03 Å². The molecule has 3 amide bonds. The zero-order valence-corrected chi connectivity index (χ0v) is 19.3. The van der Waals surface area contributed by atoms with Crippen LogP contribution in [0.5, 0.6) is 0 Å². The summed E-state index contributed by atoms with van der Waals surface area (Å²) in [6.07, 6.45) is 3.90. The Labute approximate surface area is 196 Å².